The minimum absolute atomic E-state index is 0.113. The van der Waals surface area contributed by atoms with Crippen LogP contribution in [0.2, 0.25) is 5.02 Å². The summed E-state index contributed by atoms with van der Waals surface area (Å²) in [7, 11) is -1.33. The van der Waals surface area contributed by atoms with Crippen molar-refractivity contribution in [1.29, 1.82) is 0 Å². The molecule has 0 bridgehead atoms. The summed E-state index contributed by atoms with van der Waals surface area (Å²) < 4.78 is 11.2. The molecular formula is C11H14ClNO3S. The van der Waals surface area contributed by atoms with Gasteiger partial charge in [0.15, 0.2) is 0 Å². The van der Waals surface area contributed by atoms with Crippen LogP contribution in [0.25, 0.3) is 0 Å². The number of benzene rings is 1. The number of rotatable bonds is 5. The molecule has 0 aliphatic carbocycles. The van der Waals surface area contributed by atoms with E-state index < -0.39 is 10.8 Å². The summed E-state index contributed by atoms with van der Waals surface area (Å²) in [6.45, 7) is 1.68. The standard InChI is InChI=1S/C11H14ClNO3S/c1-8-2-3-9(6-10(8)12)13-11(15)7-17(16)5-4-14/h2-3,6,14H,4-5,7H2,1H3,(H,13,15). The van der Waals surface area contributed by atoms with Gasteiger partial charge >= 0.3 is 0 Å². The van der Waals surface area contributed by atoms with E-state index in [-0.39, 0.29) is 24.0 Å². The van der Waals surface area contributed by atoms with Gasteiger partial charge in [0.1, 0.15) is 5.75 Å². The van der Waals surface area contributed by atoms with Gasteiger partial charge in [-0.15, -0.1) is 0 Å². The molecule has 0 aromatic heterocycles. The summed E-state index contributed by atoms with van der Waals surface area (Å²) in [6, 6.07) is 5.17. The fraction of sp³-hybridized carbons (Fsp3) is 0.364. The van der Waals surface area contributed by atoms with Crippen LogP contribution in [0.15, 0.2) is 18.2 Å². The number of hydrogen-bond donors (Lipinski definition) is 2. The van der Waals surface area contributed by atoms with Crippen LogP contribution in [0.4, 0.5) is 5.69 Å². The first-order valence-electron chi connectivity index (χ1n) is 5.04. The van der Waals surface area contributed by atoms with Crippen molar-refractivity contribution in [3.63, 3.8) is 0 Å². The zero-order valence-corrected chi connectivity index (χ0v) is 11.0. The number of hydrogen-bond acceptors (Lipinski definition) is 3. The van der Waals surface area contributed by atoms with Crippen LogP contribution in [0.1, 0.15) is 5.56 Å². The molecular weight excluding hydrogens is 262 g/mol. The molecule has 0 aliphatic rings. The molecule has 0 heterocycles. The Bertz CT molecular complexity index is 437. The van der Waals surface area contributed by atoms with E-state index in [1.165, 1.54) is 0 Å². The molecule has 94 valence electrons. The fourth-order valence-corrected chi connectivity index (χ4v) is 2.08. The van der Waals surface area contributed by atoms with Gasteiger partial charge in [-0.25, -0.2) is 0 Å². The van der Waals surface area contributed by atoms with Crippen molar-refractivity contribution in [3.8, 4) is 0 Å². The molecule has 17 heavy (non-hydrogen) atoms. The zero-order valence-electron chi connectivity index (χ0n) is 9.40. The monoisotopic (exact) mass is 275 g/mol. The Morgan fingerprint density at radius 2 is 2.24 bits per heavy atom. The molecule has 0 fully saturated rings. The average Bonchev–Trinajstić information content (AvgIpc) is 2.23. The van der Waals surface area contributed by atoms with Crippen molar-refractivity contribution < 1.29 is 14.1 Å². The van der Waals surface area contributed by atoms with E-state index in [0.717, 1.165) is 5.56 Å². The number of carbonyl (C=O) groups excluding carboxylic acids is 1. The van der Waals surface area contributed by atoms with Gasteiger partial charge in [-0.3, -0.25) is 9.00 Å². The molecule has 0 saturated heterocycles. The topological polar surface area (TPSA) is 66.4 Å². The Morgan fingerprint density at radius 3 is 2.82 bits per heavy atom. The Kier molecular flexibility index (Phi) is 5.61. The molecule has 1 amide bonds. The van der Waals surface area contributed by atoms with Crippen LogP contribution in [0.5, 0.6) is 0 Å². The second-order valence-corrected chi connectivity index (χ2v) is 5.51. The third kappa shape index (κ3) is 4.85. The van der Waals surface area contributed by atoms with Gasteiger partial charge in [-0.1, -0.05) is 17.7 Å². The van der Waals surface area contributed by atoms with Gasteiger partial charge in [0.05, 0.1) is 6.61 Å². The summed E-state index contributed by atoms with van der Waals surface area (Å²) >= 11 is 5.91. The number of amides is 1. The lowest BCUT2D eigenvalue weighted by Crippen LogP contribution is -2.21. The maximum absolute atomic E-state index is 11.5. The van der Waals surface area contributed by atoms with Crippen molar-refractivity contribution in [1.82, 2.24) is 0 Å². The molecule has 0 radical (unpaired) electrons. The van der Waals surface area contributed by atoms with Crippen LogP contribution in [-0.4, -0.2) is 33.3 Å². The molecule has 1 atom stereocenters. The molecule has 1 rings (SSSR count). The molecule has 0 spiro atoms. The highest BCUT2D eigenvalue weighted by molar-refractivity contribution is 7.85. The molecule has 1 aromatic carbocycles. The van der Waals surface area contributed by atoms with E-state index >= 15 is 0 Å². The number of anilines is 1. The van der Waals surface area contributed by atoms with E-state index in [4.69, 9.17) is 16.7 Å². The number of nitrogens with one attached hydrogen (secondary N) is 1. The molecule has 6 heteroatoms. The number of aliphatic hydroxyl groups excluding tert-OH is 1. The van der Waals surface area contributed by atoms with Gasteiger partial charge in [0, 0.05) is 27.3 Å². The lowest BCUT2D eigenvalue weighted by molar-refractivity contribution is -0.113. The quantitative estimate of drug-likeness (QED) is 0.852. The van der Waals surface area contributed by atoms with Crippen molar-refractivity contribution in [2.45, 2.75) is 6.92 Å². The summed E-state index contributed by atoms with van der Waals surface area (Å²) in [5, 5.41) is 11.7. The number of aryl methyl sites for hydroxylation is 1. The Labute approximate surface area is 107 Å². The maximum Gasteiger partial charge on any atom is 0.236 e. The smallest absolute Gasteiger partial charge is 0.236 e. The SMILES string of the molecule is Cc1ccc(NC(=O)CS(=O)CCO)cc1Cl. The number of aliphatic hydroxyl groups is 1. The van der Waals surface area contributed by atoms with Crippen LogP contribution >= 0.6 is 11.6 Å². The number of carbonyl (C=O) groups is 1. The predicted octanol–water partition coefficient (Wildman–Crippen LogP) is 1.33. The van der Waals surface area contributed by atoms with E-state index in [1.54, 1.807) is 18.2 Å². The lowest BCUT2D eigenvalue weighted by atomic mass is 10.2. The van der Waals surface area contributed by atoms with E-state index in [9.17, 15) is 9.00 Å². The summed E-state index contributed by atoms with van der Waals surface area (Å²) in [6.07, 6.45) is 0. The van der Waals surface area contributed by atoms with Gasteiger partial charge in [0.25, 0.3) is 0 Å². The molecule has 4 nitrogen and oxygen atoms in total. The van der Waals surface area contributed by atoms with Crippen molar-refractivity contribution in [3.05, 3.63) is 28.8 Å². The van der Waals surface area contributed by atoms with Gasteiger partial charge < -0.3 is 10.4 Å². The van der Waals surface area contributed by atoms with Crippen LogP contribution in [-0.2, 0) is 15.6 Å². The van der Waals surface area contributed by atoms with E-state index in [2.05, 4.69) is 5.32 Å². The summed E-state index contributed by atoms with van der Waals surface area (Å²) in [5.74, 6) is -0.356. The Morgan fingerprint density at radius 1 is 1.53 bits per heavy atom. The second kappa shape index (κ2) is 6.74. The van der Waals surface area contributed by atoms with Crippen molar-refractivity contribution >= 4 is 34.0 Å². The van der Waals surface area contributed by atoms with E-state index in [1.807, 2.05) is 6.92 Å². The Hall–Kier alpha value is -0.910. The minimum atomic E-state index is -1.33. The maximum atomic E-state index is 11.5. The van der Waals surface area contributed by atoms with Gasteiger partial charge in [0.2, 0.25) is 5.91 Å². The highest BCUT2D eigenvalue weighted by Crippen LogP contribution is 2.19. The fourth-order valence-electron chi connectivity index (χ4n) is 1.19. The highest BCUT2D eigenvalue weighted by Gasteiger charge is 2.08. The summed E-state index contributed by atoms with van der Waals surface area (Å²) in [5.41, 5.74) is 1.50. The lowest BCUT2D eigenvalue weighted by Gasteiger charge is -2.06. The molecule has 1 unspecified atom stereocenters. The van der Waals surface area contributed by atoms with Gasteiger partial charge in [-0.05, 0) is 24.6 Å². The molecule has 0 saturated carbocycles. The minimum Gasteiger partial charge on any atom is -0.395 e. The molecule has 1 aromatic rings. The predicted molar refractivity (Wildman–Crippen MR) is 69.8 cm³/mol. The van der Waals surface area contributed by atoms with Crippen molar-refractivity contribution in [2.24, 2.45) is 0 Å². The summed E-state index contributed by atoms with van der Waals surface area (Å²) in [4.78, 5) is 11.5. The van der Waals surface area contributed by atoms with Gasteiger partial charge in [-0.2, -0.15) is 0 Å². The average molecular weight is 276 g/mol. The van der Waals surface area contributed by atoms with Crippen LogP contribution < -0.4 is 5.32 Å². The zero-order chi connectivity index (χ0) is 12.8. The molecule has 0 aliphatic heterocycles. The van der Waals surface area contributed by atoms with Crippen molar-refractivity contribution in [2.75, 3.05) is 23.4 Å². The normalized spacial score (nSPS) is 12.2. The first-order valence-corrected chi connectivity index (χ1v) is 6.91. The third-order valence-corrected chi connectivity index (χ3v) is 3.70. The third-order valence-electron chi connectivity index (χ3n) is 2.07. The van der Waals surface area contributed by atoms with E-state index in [0.29, 0.717) is 10.7 Å². The highest BCUT2D eigenvalue weighted by atomic mass is 35.5. The number of halogens is 1. The second-order valence-electron chi connectivity index (χ2n) is 3.52. The van der Waals surface area contributed by atoms with Crippen LogP contribution in [0.3, 0.4) is 0 Å². The first-order chi connectivity index (χ1) is 8.02. The first kappa shape index (κ1) is 14.2. The molecule has 2 N–H and O–H groups in total. The largest absolute Gasteiger partial charge is 0.395 e. The van der Waals surface area contributed by atoms with Crippen LogP contribution in [0, 0.1) is 6.92 Å². The Balaban J connectivity index is 2.56.